The fourth-order valence-electron chi connectivity index (χ4n) is 1.12. The van der Waals surface area contributed by atoms with Gasteiger partial charge in [0.15, 0.2) is 0 Å². The van der Waals surface area contributed by atoms with Crippen LogP contribution in [0.2, 0.25) is 10.0 Å². The maximum absolute atomic E-state index is 6.05. The molecule has 0 unspecified atom stereocenters. The summed E-state index contributed by atoms with van der Waals surface area (Å²) >= 11 is 12.1. The van der Waals surface area contributed by atoms with Gasteiger partial charge in [-0.2, -0.15) is 0 Å². The number of halogens is 2. The van der Waals surface area contributed by atoms with Gasteiger partial charge in [-0.1, -0.05) is 35.0 Å². The molecule has 16 heavy (non-hydrogen) atoms. The lowest BCUT2D eigenvalue weighted by atomic mass is 10.2. The molecule has 1 N–H and O–H groups in total. The van der Waals surface area contributed by atoms with E-state index in [-0.39, 0.29) is 0 Å². The normalized spacial score (nSPS) is 9.50. The van der Waals surface area contributed by atoms with Crippen molar-refractivity contribution >= 4 is 23.2 Å². The predicted octanol–water partition coefficient (Wildman–Crippen LogP) is 2.96. The zero-order valence-electron chi connectivity index (χ0n) is 9.23. The van der Waals surface area contributed by atoms with Crippen molar-refractivity contribution in [3.8, 4) is 17.6 Å². The fraction of sp³-hybridized carbons (Fsp3) is 0.333. The first-order valence-electron chi connectivity index (χ1n) is 4.94. The minimum atomic E-state index is 0.528. The van der Waals surface area contributed by atoms with Crippen molar-refractivity contribution in [1.82, 2.24) is 5.32 Å². The molecule has 86 valence electrons. The van der Waals surface area contributed by atoms with Gasteiger partial charge >= 0.3 is 0 Å². The van der Waals surface area contributed by atoms with Crippen LogP contribution < -0.4 is 10.1 Å². The Morgan fingerprint density at radius 2 is 2.06 bits per heavy atom. The van der Waals surface area contributed by atoms with Crippen LogP contribution in [0.4, 0.5) is 0 Å². The number of ether oxygens (including phenoxy) is 1. The number of nitrogens with one attached hydrogen (secondary N) is 1. The molecule has 0 spiro atoms. The molecule has 0 atom stereocenters. The molecule has 0 heterocycles. The van der Waals surface area contributed by atoms with Crippen LogP contribution in [0.15, 0.2) is 12.1 Å². The molecule has 0 bridgehead atoms. The molecule has 0 saturated carbocycles. The van der Waals surface area contributed by atoms with Gasteiger partial charge in [0.25, 0.3) is 0 Å². The van der Waals surface area contributed by atoms with Gasteiger partial charge in [-0.05, 0) is 20.0 Å². The average Bonchev–Trinajstić information content (AvgIpc) is 2.25. The van der Waals surface area contributed by atoms with E-state index in [1.807, 2.05) is 14.0 Å². The summed E-state index contributed by atoms with van der Waals surface area (Å²) < 4.78 is 5.32. The number of hydrogen-bond acceptors (Lipinski definition) is 2. The summed E-state index contributed by atoms with van der Waals surface area (Å²) in [5.41, 5.74) is 0.713. The first-order valence-corrected chi connectivity index (χ1v) is 5.70. The third-order valence-electron chi connectivity index (χ3n) is 1.81. The van der Waals surface area contributed by atoms with E-state index >= 15 is 0 Å². The molecular weight excluding hydrogens is 245 g/mol. The Morgan fingerprint density at radius 1 is 1.31 bits per heavy atom. The van der Waals surface area contributed by atoms with Gasteiger partial charge in [0, 0.05) is 11.6 Å². The summed E-state index contributed by atoms with van der Waals surface area (Å²) in [5, 5.41) is 4.01. The highest BCUT2D eigenvalue weighted by Gasteiger charge is 2.06. The number of hydrogen-bond donors (Lipinski definition) is 1. The monoisotopic (exact) mass is 257 g/mol. The van der Waals surface area contributed by atoms with Gasteiger partial charge in [0.05, 0.1) is 23.2 Å². The van der Waals surface area contributed by atoms with Crippen LogP contribution >= 0.6 is 23.2 Å². The van der Waals surface area contributed by atoms with Gasteiger partial charge in [-0.3, -0.25) is 0 Å². The van der Waals surface area contributed by atoms with Gasteiger partial charge in [-0.25, -0.2) is 0 Å². The fourth-order valence-corrected chi connectivity index (χ4v) is 1.54. The molecule has 1 rings (SSSR count). The van der Waals surface area contributed by atoms with Crippen molar-refractivity contribution in [2.45, 2.75) is 6.92 Å². The highest BCUT2D eigenvalue weighted by Crippen LogP contribution is 2.30. The summed E-state index contributed by atoms with van der Waals surface area (Å²) in [5.74, 6) is 6.46. The standard InChI is InChI=1S/C12H13Cl2NO/c1-3-16-12-8-10(13)9(7-11(12)14)5-4-6-15-2/h7-8,15H,3,6H2,1-2H3. The number of benzene rings is 1. The molecule has 0 fully saturated rings. The van der Waals surface area contributed by atoms with Crippen molar-refractivity contribution in [2.24, 2.45) is 0 Å². The first-order chi connectivity index (χ1) is 7.69. The maximum atomic E-state index is 6.05. The molecule has 0 radical (unpaired) electrons. The molecule has 1 aromatic carbocycles. The van der Waals surface area contributed by atoms with Crippen LogP contribution in [-0.2, 0) is 0 Å². The largest absolute Gasteiger partial charge is 0.492 e. The van der Waals surface area contributed by atoms with E-state index in [4.69, 9.17) is 27.9 Å². The quantitative estimate of drug-likeness (QED) is 0.841. The van der Waals surface area contributed by atoms with E-state index < -0.39 is 0 Å². The van der Waals surface area contributed by atoms with Crippen LogP contribution in [0, 0.1) is 11.8 Å². The third-order valence-corrected chi connectivity index (χ3v) is 2.42. The second-order valence-corrected chi connectivity index (χ2v) is 3.84. The molecular formula is C12H13Cl2NO. The molecule has 1 aromatic rings. The lowest BCUT2D eigenvalue weighted by Crippen LogP contribution is -2.04. The van der Waals surface area contributed by atoms with Gasteiger partial charge in [0.1, 0.15) is 5.75 Å². The molecule has 0 saturated heterocycles. The van der Waals surface area contributed by atoms with Crippen molar-refractivity contribution in [2.75, 3.05) is 20.2 Å². The van der Waals surface area contributed by atoms with Crippen molar-refractivity contribution < 1.29 is 4.74 Å². The summed E-state index contributed by atoms with van der Waals surface area (Å²) in [6.45, 7) is 3.06. The summed E-state index contributed by atoms with van der Waals surface area (Å²) in [7, 11) is 1.83. The second kappa shape index (κ2) is 6.65. The zero-order chi connectivity index (χ0) is 12.0. The topological polar surface area (TPSA) is 21.3 Å². The van der Waals surface area contributed by atoms with Gasteiger partial charge in [-0.15, -0.1) is 0 Å². The lowest BCUT2D eigenvalue weighted by molar-refractivity contribution is 0.340. The summed E-state index contributed by atoms with van der Waals surface area (Å²) in [6, 6.07) is 3.41. The highest BCUT2D eigenvalue weighted by molar-refractivity contribution is 6.35. The zero-order valence-corrected chi connectivity index (χ0v) is 10.7. The van der Waals surface area contributed by atoms with E-state index in [2.05, 4.69) is 17.2 Å². The second-order valence-electron chi connectivity index (χ2n) is 3.03. The van der Waals surface area contributed by atoms with Crippen LogP contribution in [0.1, 0.15) is 12.5 Å². The van der Waals surface area contributed by atoms with E-state index in [1.54, 1.807) is 12.1 Å². The van der Waals surface area contributed by atoms with E-state index in [0.717, 1.165) is 0 Å². The Labute approximate surface area is 106 Å². The lowest BCUT2D eigenvalue weighted by Gasteiger charge is -2.06. The number of rotatable bonds is 3. The van der Waals surface area contributed by atoms with Crippen LogP contribution in [0.5, 0.6) is 5.75 Å². The minimum absolute atomic E-state index is 0.528. The highest BCUT2D eigenvalue weighted by atomic mass is 35.5. The average molecular weight is 258 g/mol. The molecule has 0 amide bonds. The van der Waals surface area contributed by atoms with Crippen molar-refractivity contribution in [3.05, 3.63) is 27.7 Å². The van der Waals surface area contributed by atoms with Crippen LogP contribution in [0.25, 0.3) is 0 Å². The van der Waals surface area contributed by atoms with Crippen molar-refractivity contribution in [1.29, 1.82) is 0 Å². The van der Waals surface area contributed by atoms with Crippen molar-refractivity contribution in [3.63, 3.8) is 0 Å². The van der Waals surface area contributed by atoms with E-state index in [0.29, 0.717) is 34.5 Å². The van der Waals surface area contributed by atoms with Crippen LogP contribution in [-0.4, -0.2) is 20.2 Å². The van der Waals surface area contributed by atoms with Gasteiger partial charge < -0.3 is 10.1 Å². The Bertz CT molecular complexity index is 421. The first kappa shape index (κ1) is 13.2. The molecule has 2 nitrogen and oxygen atoms in total. The maximum Gasteiger partial charge on any atom is 0.139 e. The predicted molar refractivity (Wildman–Crippen MR) is 68.4 cm³/mol. The minimum Gasteiger partial charge on any atom is -0.492 e. The SMILES string of the molecule is CCOc1cc(Cl)c(C#CCNC)cc1Cl. The Kier molecular flexibility index (Phi) is 5.48. The van der Waals surface area contributed by atoms with Crippen LogP contribution in [0.3, 0.4) is 0 Å². The van der Waals surface area contributed by atoms with E-state index in [9.17, 15) is 0 Å². The molecule has 4 heteroatoms. The Balaban J connectivity index is 2.97. The molecule has 0 aliphatic heterocycles. The Morgan fingerprint density at radius 3 is 2.69 bits per heavy atom. The Hall–Kier alpha value is -0.880. The summed E-state index contributed by atoms with van der Waals surface area (Å²) in [4.78, 5) is 0. The molecule has 0 aliphatic carbocycles. The molecule has 0 aliphatic rings. The van der Waals surface area contributed by atoms with Gasteiger partial charge in [0.2, 0.25) is 0 Å². The smallest absolute Gasteiger partial charge is 0.139 e. The molecule has 0 aromatic heterocycles. The third kappa shape index (κ3) is 3.61. The summed E-state index contributed by atoms with van der Waals surface area (Å²) in [6.07, 6.45) is 0. The van der Waals surface area contributed by atoms with E-state index in [1.165, 1.54) is 0 Å².